The van der Waals surface area contributed by atoms with E-state index >= 15 is 0 Å². The molecular weight excluding hydrogens is 344 g/mol. The summed E-state index contributed by atoms with van der Waals surface area (Å²) in [7, 11) is 0. The van der Waals surface area contributed by atoms with Crippen molar-refractivity contribution in [2.24, 2.45) is 0 Å². The van der Waals surface area contributed by atoms with Gasteiger partial charge in [0.15, 0.2) is 6.61 Å². The van der Waals surface area contributed by atoms with Crippen molar-refractivity contribution in [3.8, 4) is 0 Å². The minimum absolute atomic E-state index is 0.290. The fourth-order valence-electron chi connectivity index (χ4n) is 2.83. The molecule has 6 nitrogen and oxygen atoms in total. The van der Waals surface area contributed by atoms with Crippen LogP contribution in [0.2, 0.25) is 0 Å². The van der Waals surface area contributed by atoms with E-state index in [2.05, 4.69) is 10.2 Å². The molecule has 0 saturated carbocycles. The normalized spacial score (nSPS) is 14.5. The fourth-order valence-corrected chi connectivity index (χ4v) is 2.83. The number of carbonyl (C=O) groups is 2. The standard InChI is InChI=1S/C21H24N2O4/c24-20(22-14-17-4-2-1-3-5-17)16-27-21(25)19-8-6-18(7-9-19)15-23-10-12-26-13-11-23/h1-9H,10-16H2,(H,22,24). The summed E-state index contributed by atoms with van der Waals surface area (Å²) in [6.45, 7) is 4.31. The van der Waals surface area contributed by atoms with Crippen LogP contribution in [0, 0.1) is 0 Å². The number of nitrogens with one attached hydrogen (secondary N) is 1. The summed E-state index contributed by atoms with van der Waals surface area (Å²) >= 11 is 0. The monoisotopic (exact) mass is 368 g/mol. The third kappa shape index (κ3) is 6.20. The van der Waals surface area contributed by atoms with Crippen LogP contribution >= 0.6 is 0 Å². The average molecular weight is 368 g/mol. The first-order valence-corrected chi connectivity index (χ1v) is 9.07. The fraction of sp³-hybridized carbons (Fsp3) is 0.333. The number of rotatable bonds is 7. The van der Waals surface area contributed by atoms with Gasteiger partial charge in [-0.2, -0.15) is 0 Å². The lowest BCUT2D eigenvalue weighted by Gasteiger charge is -2.26. The predicted molar refractivity (Wildman–Crippen MR) is 101 cm³/mol. The zero-order valence-corrected chi connectivity index (χ0v) is 15.2. The van der Waals surface area contributed by atoms with Crippen molar-refractivity contribution in [1.29, 1.82) is 0 Å². The molecule has 6 heteroatoms. The van der Waals surface area contributed by atoms with Gasteiger partial charge in [-0.05, 0) is 23.3 Å². The quantitative estimate of drug-likeness (QED) is 0.757. The molecule has 2 aromatic carbocycles. The first-order valence-electron chi connectivity index (χ1n) is 9.07. The zero-order valence-electron chi connectivity index (χ0n) is 15.2. The lowest BCUT2D eigenvalue weighted by molar-refractivity contribution is -0.124. The molecule has 2 aromatic rings. The Balaban J connectivity index is 1.41. The Labute approximate surface area is 159 Å². The smallest absolute Gasteiger partial charge is 0.338 e. The summed E-state index contributed by atoms with van der Waals surface area (Å²) in [6.07, 6.45) is 0. The Bertz CT molecular complexity index is 741. The van der Waals surface area contributed by atoms with Gasteiger partial charge in [0.1, 0.15) is 0 Å². The number of amides is 1. The number of ether oxygens (including phenoxy) is 2. The van der Waals surface area contributed by atoms with Crippen LogP contribution in [0.15, 0.2) is 54.6 Å². The van der Waals surface area contributed by atoms with Crippen molar-refractivity contribution in [1.82, 2.24) is 10.2 Å². The van der Waals surface area contributed by atoms with Crippen LogP contribution in [-0.2, 0) is 27.4 Å². The van der Waals surface area contributed by atoms with Crippen LogP contribution < -0.4 is 5.32 Å². The number of morpholine rings is 1. The second-order valence-corrected chi connectivity index (χ2v) is 6.42. The van der Waals surface area contributed by atoms with E-state index in [-0.39, 0.29) is 12.5 Å². The van der Waals surface area contributed by atoms with Gasteiger partial charge in [0.25, 0.3) is 5.91 Å². The summed E-state index contributed by atoms with van der Waals surface area (Å²) < 4.78 is 10.4. The van der Waals surface area contributed by atoms with Gasteiger partial charge in [-0.3, -0.25) is 9.69 Å². The van der Waals surface area contributed by atoms with Gasteiger partial charge >= 0.3 is 5.97 Å². The Hall–Kier alpha value is -2.70. The van der Waals surface area contributed by atoms with Crippen LogP contribution in [0.3, 0.4) is 0 Å². The lowest BCUT2D eigenvalue weighted by atomic mass is 10.1. The van der Waals surface area contributed by atoms with Gasteiger partial charge in [0.05, 0.1) is 18.8 Å². The van der Waals surface area contributed by atoms with Crippen LogP contribution in [0.25, 0.3) is 0 Å². The molecule has 0 aromatic heterocycles. The highest BCUT2D eigenvalue weighted by molar-refractivity contribution is 5.91. The van der Waals surface area contributed by atoms with E-state index in [9.17, 15) is 9.59 Å². The highest BCUT2D eigenvalue weighted by Gasteiger charge is 2.13. The molecule has 0 bridgehead atoms. The molecule has 3 rings (SSSR count). The Morgan fingerprint density at radius 1 is 0.963 bits per heavy atom. The van der Waals surface area contributed by atoms with Crippen LogP contribution in [0.4, 0.5) is 0 Å². The molecule has 0 spiro atoms. The third-order valence-electron chi connectivity index (χ3n) is 4.37. The third-order valence-corrected chi connectivity index (χ3v) is 4.37. The second kappa shape index (κ2) is 9.85. The minimum Gasteiger partial charge on any atom is -0.452 e. The molecule has 142 valence electrons. The van der Waals surface area contributed by atoms with Crippen molar-refractivity contribution in [3.63, 3.8) is 0 Å². The van der Waals surface area contributed by atoms with Gasteiger partial charge in [-0.25, -0.2) is 4.79 Å². The number of carbonyl (C=O) groups excluding carboxylic acids is 2. The highest BCUT2D eigenvalue weighted by atomic mass is 16.5. The molecule has 1 N–H and O–H groups in total. The maximum absolute atomic E-state index is 12.1. The number of nitrogens with zero attached hydrogens (tertiary/aromatic N) is 1. The van der Waals surface area contributed by atoms with Crippen molar-refractivity contribution >= 4 is 11.9 Å². The first kappa shape index (κ1) is 19.1. The Kier molecular flexibility index (Phi) is 6.96. The lowest BCUT2D eigenvalue weighted by Crippen LogP contribution is -2.35. The largest absolute Gasteiger partial charge is 0.452 e. The van der Waals surface area contributed by atoms with E-state index in [4.69, 9.17) is 9.47 Å². The maximum atomic E-state index is 12.1. The molecule has 1 fully saturated rings. The summed E-state index contributed by atoms with van der Waals surface area (Å²) in [5, 5.41) is 2.73. The van der Waals surface area contributed by atoms with Gasteiger partial charge in [-0.1, -0.05) is 42.5 Å². The summed E-state index contributed by atoms with van der Waals surface area (Å²) in [4.78, 5) is 26.2. The van der Waals surface area contributed by atoms with Gasteiger partial charge in [0, 0.05) is 26.2 Å². The molecule has 0 unspecified atom stereocenters. The molecule has 27 heavy (non-hydrogen) atoms. The van der Waals surface area contributed by atoms with E-state index in [0.717, 1.165) is 44.0 Å². The van der Waals surface area contributed by atoms with Crippen molar-refractivity contribution in [3.05, 3.63) is 71.3 Å². The molecule has 0 radical (unpaired) electrons. The van der Waals surface area contributed by atoms with E-state index in [1.165, 1.54) is 0 Å². The van der Waals surface area contributed by atoms with E-state index in [1.54, 1.807) is 12.1 Å². The first-order chi connectivity index (χ1) is 13.2. The Morgan fingerprint density at radius 2 is 1.67 bits per heavy atom. The molecule has 1 aliphatic rings. The summed E-state index contributed by atoms with van der Waals surface area (Å²) in [5.41, 5.74) is 2.57. The summed E-state index contributed by atoms with van der Waals surface area (Å²) in [6, 6.07) is 16.9. The molecule has 1 heterocycles. The number of hydrogen-bond donors (Lipinski definition) is 1. The SMILES string of the molecule is O=C(COC(=O)c1ccc(CN2CCOCC2)cc1)NCc1ccccc1. The maximum Gasteiger partial charge on any atom is 0.338 e. The zero-order chi connectivity index (χ0) is 18.9. The summed E-state index contributed by atoms with van der Waals surface area (Å²) in [5.74, 6) is -0.820. The topological polar surface area (TPSA) is 67.9 Å². The van der Waals surface area contributed by atoms with E-state index in [0.29, 0.717) is 12.1 Å². The molecule has 0 atom stereocenters. The van der Waals surface area contributed by atoms with Crippen LogP contribution in [0.1, 0.15) is 21.5 Å². The van der Waals surface area contributed by atoms with Crippen LogP contribution in [0.5, 0.6) is 0 Å². The van der Waals surface area contributed by atoms with Crippen LogP contribution in [-0.4, -0.2) is 49.7 Å². The van der Waals surface area contributed by atoms with Crippen molar-refractivity contribution in [2.45, 2.75) is 13.1 Å². The van der Waals surface area contributed by atoms with E-state index in [1.807, 2.05) is 42.5 Å². The predicted octanol–water partition coefficient (Wildman–Crippen LogP) is 1.99. The molecule has 1 saturated heterocycles. The number of esters is 1. The number of hydrogen-bond acceptors (Lipinski definition) is 5. The van der Waals surface area contributed by atoms with Gasteiger partial charge < -0.3 is 14.8 Å². The highest BCUT2D eigenvalue weighted by Crippen LogP contribution is 2.10. The number of benzene rings is 2. The molecular formula is C21H24N2O4. The molecule has 0 aliphatic carbocycles. The Morgan fingerprint density at radius 3 is 2.37 bits per heavy atom. The van der Waals surface area contributed by atoms with E-state index < -0.39 is 5.97 Å². The van der Waals surface area contributed by atoms with Gasteiger partial charge in [0.2, 0.25) is 0 Å². The average Bonchev–Trinajstić information content (AvgIpc) is 2.72. The van der Waals surface area contributed by atoms with Gasteiger partial charge in [-0.15, -0.1) is 0 Å². The van der Waals surface area contributed by atoms with Crippen molar-refractivity contribution < 1.29 is 19.1 Å². The van der Waals surface area contributed by atoms with Crippen molar-refractivity contribution in [2.75, 3.05) is 32.9 Å². The second-order valence-electron chi connectivity index (χ2n) is 6.42. The molecule has 1 aliphatic heterocycles. The minimum atomic E-state index is -0.497. The molecule has 1 amide bonds.